The Morgan fingerprint density at radius 3 is 2.92 bits per heavy atom. The van der Waals surface area contributed by atoms with Crippen LogP contribution in [0, 0.1) is 0 Å². The fraction of sp³-hybridized carbons (Fsp3) is 0.625. The van der Waals surface area contributed by atoms with Crippen molar-refractivity contribution in [3.05, 3.63) is 6.20 Å². The molecule has 0 aliphatic rings. The third kappa shape index (κ3) is 2.93. The zero-order valence-electron chi connectivity index (χ0n) is 7.90. The Balaban J connectivity index is 2.57. The van der Waals surface area contributed by atoms with Crippen LogP contribution < -0.4 is 5.73 Å². The number of nitrogens with two attached hydrogens (primary N) is 1. The van der Waals surface area contributed by atoms with Crippen LogP contribution in [-0.4, -0.2) is 26.7 Å². The van der Waals surface area contributed by atoms with Crippen molar-refractivity contribution in [3.63, 3.8) is 0 Å². The number of nitrogen functional groups attached to an aromatic ring is 1. The number of aryl methyl sites for hydroxylation is 1. The zero-order chi connectivity index (χ0) is 9.84. The van der Waals surface area contributed by atoms with Gasteiger partial charge in [0.1, 0.15) is 5.03 Å². The molecule has 1 aromatic rings. The minimum Gasteiger partial charge on any atom is -0.396 e. The molecule has 0 spiro atoms. The number of nitrogens with zero attached hydrogens (tertiary/aromatic N) is 2. The van der Waals surface area contributed by atoms with Crippen molar-refractivity contribution in [1.82, 2.24) is 9.78 Å². The van der Waals surface area contributed by atoms with Crippen LogP contribution >= 0.6 is 11.8 Å². The minimum absolute atomic E-state index is 0.209. The molecule has 0 saturated heterocycles. The third-order valence-electron chi connectivity index (χ3n) is 1.67. The number of thioether (sulfide) groups is 1. The highest BCUT2D eigenvalue weighted by atomic mass is 32.2. The Morgan fingerprint density at radius 1 is 1.77 bits per heavy atom. The quantitative estimate of drug-likeness (QED) is 0.709. The van der Waals surface area contributed by atoms with E-state index < -0.39 is 0 Å². The first-order chi connectivity index (χ1) is 6.13. The molecule has 0 aliphatic heterocycles. The summed E-state index contributed by atoms with van der Waals surface area (Å²) in [6.07, 6.45) is 2.55. The molecule has 1 unspecified atom stereocenters. The fourth-order valence-electron chi connectivity index (χ4n) is 1.01. The van der Waals surface area contributed by atoms with E-state index in [-0.39, 0.29) is 6.61 Å². The van der Waals surface area contributed by atoms with Crippen molar-refractivity contribution in [2.24, 2.45) is 7.05 Å². The van der Waals surface area contributed by atoms with E-state index in [1.165, 1.54) is 0 Å². The molecule has 3 N–H and O–H groups in total. The van der Waals surface area contributed by atoms with Crippen LogP contribution in [0.2, 0.25) is 0 Å². The lowest BCUT2D eigenvalue weighted by molar-refractivity contribution is 0.289. The topological polar surface area (TPSA) is 64.1 Å². The molecule has 0 saturated carbocycles. The maximum absolute atomic E-state index is 8.72. The highest BCUT2D eigenvalue weighted by Crippen LogP contribution is 2.27. The van der Waals surface area contributed by atoms with E-state index in [0.29, 0.717) is 10.9 Å². The van der Waals surface area contributed by atoms with Gasteiger partial charge in [0.25, 0.3) is 0 Å². The summed E-state index contributed by atoms with van der Waals surface area (Å²) in [5.74, 6) is 0. The Kier molecular flexibility index (Phi) is 3.62. The van der Waals surface area contributed by atoms with Gasteiger partial charge in [-0.15, -0.1) is 0 Å². The largest absolute Gasteiger partial charge is 0.396 e. The van der Waals surface area contributed by atoms with E-state index in [1.54, 1.807) is 22.6 Å². The summed E-state index contributed by atoms with van der Waals surface area (Å²) in [5, 5.41) is 14.1. The molecule has 0 amide bonds. The molecule has 0 aliphatic carbocycles. The van der Waals surface area contributed by atoms with E-state index in [2.05, 4.69) is 12.0 Å². The molecule has 4 nitrogen and oxygen atoms in total. The van der Waals surface area contributed by atoms with E-state index in [0.717, 1.165) is 11.4 Å². The van der Waals surface area contributed by atoms with Gasteiger partial charge in [0, 0.05) is 25.1 Å². The molecular weight excluding hydrogens is 186 g/mol. The second-order valence-corrected chi connectivity index (χ2v) is 4.43. The van der Waals surface area contributed by atoms with Crippen LogP contribution in [0.4, 0.5) is 5.69 Å². The van der Waals surface area contributed by atoms with Gasteiger partial charge < -0.3 is 10.8 Å². The van der Waals surface area contributed by atoms with Crippen molar-refractivity contribution >= 4 is 17.4 Å². The molecule has 74 valence electrons. The molecule has 5 heteroatoms. The molecule has 1 heterocycles. The van der Waals surface area contributed by atoms with Crippen LogP contribution in [0.3, 0.4) is 0 Å². The summed E-state index contributed by atoms with van der Waals surface area (Å²) in [6.45, 7) is 2.26. The molecular formula is C8H15N3OS. The van der Waals surface area contributed by atoms with Gasteiger partial charge in [0.05, 0.1) is 5.69 Å². The Labute approximate surface area is 82.1 Å². The summed E-state index contributed by atoms with van der Waals surface area (Å²) in [4.78, 5) is 0. The monoisotopic (exact) mass is 201 g/mol. The molecule has 0 fully saturated rings. The predicted molar refractivity (Wildman–Crippen MR) is 54.6 cm³/mol. The van der Waals surface area contributed by atoms with Crippen molar-refractivity contribution in [1.29, 1.82) is 0 Å². The third-order valence-corrected chi connectivity index (χ3v) is 2.85. The lowest BCUT2D eigenvalue weighted by Gasteiger charge is -2.06. The van der Waals surface area contributed by atoms with Crippen molar-refractivity contribution in [3.8, 4) is 0 Å². The predicted octanol–water partition coefficient (Wildman–Crippen LogP) is 0.865. The maximum atomic E-state index is 8.72. The van der Waals surface area contributed by atoms with Gasteiger partial charge in [-0.3, -0.25) is 4.68 Å². The van der Waals surface area contributed by atoms with Gasteiger partial charge in [0.2, 0.25) is 0 Å². The van der Waals surface area contributed by atoms with Crippen LogP contribution in [-0.2, 0) is 7.05 Å². The molecule has 1 rings (SSSR count). The highest BCUT2D eigenvalue weighted by Gasteiger charge is 2.09. The number of aromatic nitrogens is 2. The summed E-state index contributed by atoms with van der Waals surface area (Å²) in [7, 11) is 1.84. The summed E-state index contributed by atoms with van der Waals surface area (Å²) in [6, 6.07) is 0. The molecule has 13 heavy (non-hydrogen) atoms. The average Bonchev–Trinajstić information content (AvgIpc) is 2.30. The standard InChI is InChI=1S/C8H15N3OS/c1-6(3-4-12)13-8-7(9)5-11(2)10-8/h5-6,12H,3-4,9H2,1-2H3. The van der Waals surface area contributed by atoms with Crippen molar-refractivity contribution in [2.75, 3.05) is 12.3 Å². The minimum atomic E-state index is 0.209. The van der Waals surface area contributed by atoms with Crippen LogP contribution in [0.1, 0.15) is 13.3 Å². The number of hydrogen-bond acceptors (Lipinski definition) is 4. The summed E-state index contributed by atoms with van der Waals surface area (Å²) in [5.41, 5.74) is 6.42. The number of rotatable bonds is 4. The molecule has 0 radical (unpaired) electrons. The van der Waals surface area contributed by atoms with E-state index in [4.69, 9.17) is 10.8 Å². The lowest BCUT2D eigenvalue weighted by atomic mass is 10.3. The van der Waals surface area contributed by atoms with E-state index in [9.17, 15) is 0 Å². The van der Waals surface area contributed by atoms with Crippen LogP contribution in [0.15, 0.2) is 11.2 Å². The maximum Gasteiger partial charge on any atom is 0.141 e. The highest BCUT2D eigenvalue weighted by molar-refractivity contribution is 8.00. The van der Waals surface area contributed by atoms with Gasteiger partial charge in [-0.25, -0.2) is 0 Å². The van der Waals surface area contributed by atoms with Gasteiger partial charge in [0.15, 0.2) is 0 Å². The first-order valence-electron chi connectivity index (χ1n) is 4.20. The summed E-state index contributed by atoms with van der Waals surface area (Å²) >= 11 is 1.60. The van der Waals surface area contributed by atoms with Crippen LogP contribution in [0.5, 0.6) is 0 Å². The Hall–Kier alpha value is -0.680. The number of anilines is 1. The lowest BCUT2D eigenvalue weighted by Crippen LogP contribution is -2.00. The first-order valence-corrected chi connectivity index (χ1v) is 5.08. The fourth-order valence-corrected chi connectivity index (χ4v) is 1.98. The first kappa shape index (κ1) is 10.4. The molecule has 1 atom stereocenters. The second-order valence-electron chi connectivity index (χ2n) is 3.00. The second kappa shape index (κ2) is 4.53. The van der Waals surface area contributed by atoms with E-state index >= 15 is 0 Å². The Morgan fingerprint density at radius 2 is 2.46 bits per heavy atom. The molecule has 0 bridgehead atoms. The van der Waals surface area contributed by atoms with Gasteiger partial charge in [-0.2, -0.15) is 5.10 Å². The van der Waals surface area contributed by atoms with Gasteiger partial charge >= 0.3 is 0 Å². The van der Waals surface area contributed by atoms with E-state index in [1.807, 2.05) is 7.05 Å². The summed E-state index contributed by atoms with van der Waals surface area (Å²) < 4.78 is 1.70. The number of aliphatic hydroxyl groups excluding tert-OH is 1. The van der Waals surface area contributed by atoms with Crippen LogP contribution in [0.25, 0.3) is 0 Å². The van der Waals surface area contributed by atoms with Crippen molar-refractivity contribution < 1.29 is 5.11 Å². The molecule has 1 aromatic heterocycles. The van der Waals surface area contributed by atoms with Gasteiger partial charge in [-0.05, 0) is 6.42 Å². The van der Waals surface area contributed by atoms with Gasteiger partial charge in [-0.1, -0.05) is 18.7 Å². The molecule has 0 aromatic carbocycles. The number of hydrogen-bond donors (Lipinski definition) is 2. The Bertz CT molecular complexity index is 274. The SMILES string of the molecule is CC(CCO)Sc1nn(C)cc1N. The number of aliphatic hydroxyl groups is 1. The normalized spacial score (nSPS) is 13.2. The average molecular weight is 201 g/mol. The zero-order valence-corrected chi connectivity index (χ0v) is 8.71. The van der Waals surface area contributed by atoms with Crippen molar-refractivity contribution in [2.45, 2.75) is 23.6 Å². The smallest absolute Gasteiger partial charge is 0.141 e.